The maximum atomic E-state index is 3.71. The van der Waals surface area contributed by atoms with Crippen LogP contribution in [0.5, 0.6) is 0 Å². The molecule has 2 unspecified atom stereocenters. The molecule has 90 valence electrons. The molecule has 1 N–H and O–H groups in total. The van der Waals surface area contributed by atoms with Crippen molar-refractivity contribution in [2.24, 2.45) is 0 Å². The lowest BCUT2D eigenvalue weighted by Crippen LogP contribution is -2.30. The average molecular weight is 237 g/mol. The summed E-state index contributed by atoms with van der Waals surface area (Å²) in [7, 11) is 0. The van der Waals surface area contributed by atoms with Gasteiger partial charge in [0.25, 0.3) is 0 Å². The maximum Gasteiger partial charge on any atom is 0.00728 e. The summed E-state index contributed by atoms with van der Waals surface area (Å²) in [5.41, 5.74) is 1.58. The van der Waals surface area contributed by atoms with E-state index in [1.807, 2.05) is 11.3 Å². The maximum absolute atomic E-state index is 3.71. The van der Waals surface area contributed by atoms with Crippen molar-refractivity contribution >= 4 is 11.3 Å². The van der Waals surface area contributed by atoms with Crippen molar-refractivity contribution in [2.45, 2.75) is 57.4 Å². The molecule has 1 saturated carbocycles. The second-order valence-corrected chi connectivity index (χ2v) is 5.70. The Hall–Kier alpha value is -0.340. The van der Waals surface area contributed by atoms with Gasteiger partial charge in [0.2, 0.25) is 0 Å². The molecule has 1 heterocycles. The van der Waals surface area contributed by atoms with Crippen LogP contribution in [0.15, 0.2) is 16.8 Å². The molecule has 2 rings (SSSR count). The van der Waals surface area contributed by atoms with Crippen molar-refractivity contribution in [1.82, 2.24) is 5.32 Å². The standard InChI is InChI=1S/C14H23NS/c1-2-8-15-14-6-4-3-5-12(10-14)13-7-9-16-11-13/h7,9,11-12,14-15H,2-6,8,10H2,1H3. The minimum atomic E-state index is 0.757. The van der Waals surface area contributed by atoms with Gasteiger partial charge < -0.3 is 5.32 Å². The van der Waals surface area contributed by atoms with Crippen LogP contribution in [0.1, 0.15) is 56.9 Å². The zero-order chi connectivity index (χ0) is 11.2. The molecule has 2 heteroatoms. The van der Waals surface area contributed by atoms with Crippen molar-refractivity contribution in [3.63, 3.8) is 0 Å². The van der Waals surface area contributed by atoms with Crippen molar-refractivity contribution < 1.29 is 0 Å². The molecule has 1 aliphatic rings. The summed E-state index contributed by atoms with van der Waals surface area (Å²) in [5.74, 6) is 0.808. The third-order valence-electron chi connectivity index (χ3n) is 3.62. The normalized spacial score (nSPS) is 26.6. The Morgan fingerprint density at radius 1 is 1.38 bits per heavy atom. The quantitative estimate of drug-likeness (QED) is 0.775. The molecule has 0 aromatic carbocycles. The Balaban J connectivity index is 1.93. The van der Waals surface area contributed by atoms with E-state index >= 15 is 0 Å². The van der Waals surface area contributed by atoms with Crippen LogP contribution < -0.4 is 5.32 Å². The summed E-state index contributed by atoms with van der Waals surface area (Å²) in [6.45, 7) is 3.43. The first-order chi connectivity index (χ1) is 7.90. The first kappa shape index (κ1) is 12.1. The molecule has 0 spiro atoms. The van der Waals surface area contributed by atoms with E-state index in [1.54, 1.807) is 5.56 Å². The Bertz CT molecular complexity index is 281. The van der Waals surface area contributed by atoms with E-state index in [0.717, 1.165) is 12.0 Å². The van der Waals surface area contributed by atoms with Gasteiger partial charge >= 0.3 is 0 Å². The van der Waals surface area contributed by atoms with E-state index in [4.69, 9.17) is 0 Å². The fourth-order valence-electron chi connectivity index (χ4n) is 2.70. The lowest BCUT2D eigenvalue weighted by molar-refractivity contribution is 0.440. The van der Waals surface area contributed by atoms with E-state index in [-0.39, 0.29) is 0 Å². The van der Waals surface area contributed by atoms with Gasteiger partial charge in [-0.25, -0.2) is 0 Å². The molecule has 2 atom stereocenters. The fraction of sp³-hybridized carbons (Fsp3) is 0.714. The molecule has 1 fully saturated rings. The molecule has 0 aliphatic heterocycles. The molecule has 1 nitrogen and oxygen atoms in total. The monoisotopic (exact) mass is 237 g/mol. The van der Waals surface area contributed by atoms with Crippen LogP contribution in [0.25, 0.3) is 0 Å². The van der Waals surface area contributed by atoms with Gasteiger partial charge in [-0.15, -0.1) is 0 Å². The second kappa shape index (κ2) is 6.41. The highest BCUT2D eigenvalue weighted by atomic mass is 32.1. The molecular formula is C14H23NS. The fourth-order valence-corrected chi connectivity index (χ4v) is 3.45. The Morgan fingerprint density at radius 2 is 2.25 bits per heavy atom. The van der Waals surface area contributed by atoms with Gasteiger partial charge in [-0.1, -0.05) is 19.8 Å². The van der Waals surface area contributed by atoms with Gasteiger partial charge in [-0.2, -0.15) is 11.3 Å². The first-order valence-electron chi connectivity index (χ1n) is 6.65. The molecular weight excluding hydrogens is 214 g/mol. The van der Waals surface area contributed by atoms with E-state index in [9.17, 15) is 0 Å². The summed E-state index contributed by atoms with van der Waals surface area (Å²) in [6.07, 6.45) is 8.17. The molecule has 0 amide bonds. The van der Waals surface area contributed by atoms with Crippen molar-refractivity contribution in [3.05, 3.63) is 22.4 Å². The third-order valence-corrected chi connectivity index (χ3v) is 4.32. The minimum absolute atomic E-state index is 0.757. The molecule has 0 saturated heterocycles. The molecule has 0 bridgehead atoms. The summed E-state index contributed by atoms with van der Waals surface area (Å²) in [4.78, 5) is 0. The number of hydrogen-bond acceptors (Lipinski definition) is 2. The summed E-state index contributed by atoms with van der Waals surface area (Å²) >= 11 is 1.84. The Morgan fingerprint density at radius 3 is 3.00 bits per heavy atom. The van der Waals surface area contributed by atoms with Crippen LogP contribution in [0.3, 0.4) is 0 Å². The largest absolute Gasteiger partial charge is 0.314 e. The smallest absolute Gasteiger partial charge is 0.00728 e. The van der Waals surface area contributed by atoms with Crippen molar-refractivity contribution in [3.8, 4) is 0 Å². The van der Waals surface area contributed by atoms with Crippen LogP contribution in [0.4, 0.5) is 0 Å². The van der Waals surface area contributed by atoms with Gasteiger partial charge in [0, 0.05) is 6.04 Å². The lowest BCUT2D eigenvalue weighted by atomic mass is 9.92. The Labute approximate surface area is 103 Å². The Kier molecular flexibility index (Phi) is 4.86. The SMILES string of the molecule is CCCNC1CCCCC(c2ccsc2)C1. The van der Waals surface area contributed by atoms with Gasteiger partial charge in [0.1, 0.15) is 0 Å². The number of nitrogens with one attached hydrogen (secondary N) is 1. The van der Waals surface area contributed by atoms with Crippen LogP contribution in [-0.4, -0.2) is 12.6 Å². The van der Waals surface area contributed by atoms with Crippen LogP contribution in [-0.2, 0) is 0 Å². The number of hydrogen-bond donors (Lipinski definition) is 1. The second-order valence-electron chi connectivity index (χ2n) is 4.92. The van der Waals surface area contributed by atoms with Gasteiger partial charge in [-0.05, 0) is 60.5 Å². The molecule has 1 aromatic heterocycles. The van der Waals surface area contributed by atoms with E-state index in [1.165, 1.54) is 45.1 Å². The van der Waals surface area contributed by atoms with Crippen molar-refractivity contribution in [1.29, 1.82) is 0 Å². The lowest BCUT2D eigenvalue weighted by Gasteiger charge is -2.20. The van der Waals surface area contributed by atoms with Crippen LogP contribution in [0.2, 0.25) is 0 Å². The summed E-state index contributed by atoms with van der Waals surface area (Å²) in [6, 6.07) is 3.07. The first-order valence-corrected chi connectivity index (χ1v) is 7.60. The highest BCUT2D eigenvalue weighted by Crippen LogP contribution is 2.32. The van der Waals surface area contributed by atoms with E-state index in [0.29, 0.717) is 0 Å². The predicted molar refractivity (Wildman–Crippen MR) is 72.2 cm³/mol. The summed E-state index contributed by atoms with van der Waals surface area (Å²) in [5, 5.41) is 8.26. The number of thiophene rings is 1. The number of rotatable bonds is 4. The zero-order valence-corrected chi connectivity index (χ0v) is 11.1. The topological polar surface area (TPSA) is 12.0 Å². The van der Waals surface area contributed by atoms with Gasteiger partial charge in [0.05, 0.1) is 0 Å². The average Bonchev–Trinajstić information content (AvgIpc) is 2.73. The molecule has 16 heavy (non-hydrogen) atoms. The zero-order valence-electron chi connectivity index (χ0n) is 10.2. The van der Waals surface area contributed by atoms with Gasteiger partial charge in [-0.3, -0.25) is 0 Å². The molecule has 1 aromatic rings. The highest BCUT2D eigenvalue weighted by Gasteiger charge is 2.20. The van der Waals surface area contributed by atoms with Gasteiger partial charge in [0.15, 0.2) is 0 Å². The van der Waals surface area contributed by atoms with E-state index < -0.39 is 0 Å². The third kappa shape index (κ3) is 3.33. The van der Waals surface area contributed by atoms with Crippen LogP contribution in [0, 0.1) is 0 Å². The predicted octanol–water partition coefficient (Wildman–Crippen LogP) is 4.16. The van der Waals surface area contributed by atoms with Crippen LogP contribution >= 0.6 is 11.3 Å². The minimum Gasteiger partial charge on any atom is -0.314 e. The molecule has 1 aliphatic carbocycles. The highest BCUT2D eigenvalue weighted by molar-refractivity contribution is 7.07. The van der Waals surface area contributed by atoms with Crippen molar-refractivity contribution in [2.75, 3.05) is 6.54 Å². The summed E-state index contributed by atoms with van der Waals surface area (Å²) < 4.78 is 0. The molecule has 0 radical (unpaired) electrons. The van der Waals surface area contributed by atoms with E-state index in [2.05, 4.69) is 29.1 Å².